The van der Waals surface area contributed by atoms with Crippen LogP contribution in [-0.4, -0.2) is 49.2 Å². The van der Waals surface area contributed by atoms with E-state index in [0.29, 0.717) is 25.6 Å². The predicted molar refractivity (Wildman–Crippen MR) is 100.0 cm³/mol. The zero-order valence-corrected chi connectivity index (χ0v) is 16.4. The van der Waals surface area contributed by atoms with E-state index >= 15 is 0 Å². The maximum absolute atomic E-state index is 13.2. The number of hydrogen-bond acceptors (Lipinski definition) is 6. The maximum atomic E-state index is 13.2. The van der Waals surface area contributed by atoms with E-state index in [1.165, 1.54) is 6.07 Å². The molecular weight excluding hydrogens is 416 g/mol. The minimum absolute atomic E-state index is 0.103. The van der Waals surface area contributed by atoms with Gasteiger partial charge < -0.3 is 20.3 Å². The summed E-state index contributed by atoms with van der Waals surface area (Å²) in [6.07, 6.45) is -8.83. The first kappa shape index (κ1) is 23.5. The molecule has 0 spiro atoms. The van der Waals surface area contributed by atoms with Crippen molar-refractivity contribution in [3.05, 3.63) is 35.5 Å². The van der Waals surface area contributed by atoms with Crippen molar-refractivity contribution in [1.82, 2.24) is 14.9 Å². The Labute approximate surface area is 169 Å². The topological polar surface area (TPSA) is 62.3 Å². The van der Waals surface area contributed by atoms with Gasteiger partial charge in [0.15, 0.2) is 5.69 Å². The molecule has 0 amide bonds. The molecular formula is C18H21F6N5O. The Morgan fingerprint density at radius 3 is 2.27 bits per heavy atom. The second-order valence-electron chi connectivity index (χ2n) is 6.58. The number of ether oxygens (including phenoxy) is 1. The highest BCUT2D eigenvalue weighted by atomic mass is 19.4. The third kappa shape index (κ3) is 6.65. The number of rotatable bonds is 8. The fourth-order valence-electron chi connectivity index (χ4n) is 2.49. The van der Waals surface area contributed by atoms with Gasteiger partial charge >= 0.3 is 12.4 Å². The van der Waals surface area contributed by atoms with Crippen LogP contribution >= 0.6 is 0 Å². The molecule has 0 unspecified atom stereocenters. The van der Waals surface area contributed by atoms with Crippen LogP contribution < -0.4 is 15.4 Å². The largest absolute Gasteiger partial charge is 0.496 e. The summed E-state index contributed by atoms with van der Waals surface area (Å²) in [5.74, 6) is -0.990. The number of anilines is 3. The van der Waals surface area contributed by atoms with Crippen molar-refractivity contribution in [2.75, 3.05) is 44.9 Å². The monoisotopic (exact) mass is 437 g/mol. The van der Waals surface area contributed by atoms with Gasteiger partial charge in [-0.15, -0.1) is 0 Å². The molecule has 0 fully saturated rings. The summed E-state index contributed by atoms with van der Waals surface area (Å²) in [7, 11) is 4.80. The molecule has 2 rings (SSSR count). The number of benzene rings is 1. The first-order chi connectivity index (χ1) is 13.9. The predicted octanol–water partition coefficient (Wildman–Crippen LogP) is 4.63. The van der Waals surface area contributed by atoms with Crippen molar-refractivity contribution in [2.45, 2.75) is 18.8 Å². The molecule has 166 valence electrons. The normalized spacial score (nSPS) is 12.2. The Kier molecular flexibility index (Phi) is 7.34. The van der Waals surface area contributed by atoms with E-state index in [0.717, 1.165) is 19.2 Å². The zero-order chi connectivity index (χ0) is 22.5. The van der Waals surface area contributed by atoms with E-state index in [4.69, 9.17) is 4.74 Å². The number of nitrogens with one attached hydrogen (secondary N) is 2. The van der Waals surface area contributed by atoms with Gasteiger partial charge in [0.25, 0.3) is 0 Å². The fraction of sp³-hybridized carbons (Fsp3) is 0.444. The minimum atomic E-state index is -4.75. The number of halogens is 6. The second-order valence-corrected chi connectivity index (χ2v) is 6.58. The van der Waals surface area contributed by atoms with Crippen molar-refractivity contribution in [2.24, 2.45) is 0 Å². The minimum Gasteiger partial charge on any atom is -0.496 e. The average molecular weight is 437 g/mol. The first-order valence-corrected chi connectivity index (χ1v) is 8.77. The van der Waals surface area contributed by atoms with Crippen LogP contribution in [0.2, 0.25) is 0 Å². The molecule has 1 heterocycles. The Balaban J connectivity index is 2.31. The van der Waals surface area contributed by atoms with E-state index in [-0.39, 0.29) is 17.5 Å². The summed E-state index contributed by atoms with van der Waals surface area (Å²) in [4.78, 5) is 9.29. The summed E-state index contributed by atoms with van der Waals surface area (Å²) in [6, 6.07) is 3.67. The lowest BCUT2D eigenvalue weighted by Gasteiger charge is -2.16. The van der Waals surface area contributed by atoms with Crippen molar-refractivity contribution in [3.63, 3.8) is 0 Å². The molecule has 2 aromatic rings. The molecule has 0 saturated heterocycles. The SMILES string of the molecule is COc1ccc(Nc2cc(C(F)(F)F)nc(NCCCN(C)C)n2)cc1C(F)(F)F. The van der Waals surface area contributed by atoms with Gasteiger partial charge in [0, 0.05) is 18.3 Å². The smallest absolute Gasteiger partial charge is 0.433 e. The van der Waals surface area contributed by atoms with Gasteiger partial charge in [-0.1, -0.05) is 0 Å². The maximum Gasteiger partial charge on any atom is 0.433 e. The summed E-state index contributed by atoms with van der Waals surface area (Å²) < 4.78 is 83.8. The lowest BCUT2D eigenvalue weighted by molar-refractivity contribution is -0.141. The number of methoxy groups -OCH3 is 1. The highest BCUT2D eigenvalue weighted by Crippen LogP contribution is 2.38. The zero-order valence-electron chi connectivity index (χ0n) is 16.4. The van der Waals surface area contributed by atoms with Crippen LogP contribution in [-0.2, 0) is 12.4 Å². The van der Waals surface area contributed by atoms with Crippen LogP contribution in [0.4, 0.5) is 43.8 Å². The molecule has 0 bridgehead atoms. The van der Waals surface area contributed by atoms with E-state index in [1.54, 1.807) is 0 Å². The Hall–Kier alpha value is -2.76. The average Bonchev–Trinajstić information content (AvgIpc) is 2.63. The van der Waals surface area contributed by atoms with Gasteiger partial charge in [-0.05, 0) is 45.3 Å². The quantitative estimate of drug-likeness (QED) is 0.464. The van der Waals surface area contributed by atoms with Gasteiger partial charge in [0.2, 0.25) is 5.95 Å². The van der Waals surface area contributed by atoms with Crippen LogP contribution in [0.25, 0.3) is 0 Å². The van der Waals surface area contributed by atoms with E-state index < -0.39 is 29.4 Å². The third-order valence-electron chi connectivity index (χ3n) is 3.86. The lowest BCUT2D eigenvalue weighted by atomic mass is 10.1. The highest BCUT2D eigenvalue weighted by Gasteiger charge is 2.35. The molecule has 0 atom stereocenters. The summed E-state index contributed by atoms with van der Waals surface area (Å²) in [5, 5.41) is 5.18. The summed E-state index contributed by atoms with van der Waals surface area (Å²) in [5.41, 5.74) is -2.39. The second kappa shape index (κ2) is 9.37. The molecule has 0 aliphatic heterocycles. The first-order valence-electron chi connectivity index (χ1n) is 8.77. The standard InChI is InChI=1S/C18H21F6N5O/c1-29(2)8-4-7-25-16-27-14(18(22,23)24)10-15(28-16)26-11-5-6-13(30-3)12(9-11)17(19,20)21/h5-6,9-10H,4,7-8H2,1-3H3,(H2,25,26,27,28). The molecule has 6 nitrogen and oxygen atoms in total. The van der Waals surface area contributed by atoms with Gasteiger partial charge in [-0.3, -0.25) is 0 Å². The molecule has 30 heavy (non-hydrogen) atoms. The van der Waals surface area contributed by atoms with Gasteiger partial charge in [0.1, 0.15) is 11.6 Å². The Morgan fingerprint density at radius 2 is 1.70 bits per heavy atom. The molecule has 0 radical (unpaired) electrons. The van der Waals surface area contributed by atoms with Crippen LogP contribution in [0.3, 0.4) is 0 Å². The fourth-order valence-corrected chi connectivity index (χ4v) is 2.49. The van der Waals surface area contributed by atoms with Crippen LogP contribution in [0, 0.1) is 0 Å². The van der Waals surface area contributed by atoms with Gasteiger partial charge in [-0.25, -0.2) is 4.98 Å². The molecule has 0 aliphatic carbocycles. The summed E-state index contributed by atoms with van der Waals surface area (Å²) >= 11 is 0. The number of hydrogen-bond donors (Lipinski definition) is 2. The molecule has 0 saturated carbocycles. The van der Waals surface area contributed by atoms with Crippen LogP contribution in [0.1, 0.15) is 17.7 Å². The molecule has 0 aliphatic rings. The van der Waals surface area contributed by atoms with Crippen molar-refractivity contribution < 1.29 is 31.1 Å². The van der Waals surface area contributed by atoms with E-state index in [2.05, 4.69) is 20.6 Å². The van der Waals surface area contributed by atoms with Crippen molar-refractivity contribution >= 4 is 17.5 Å². The lowest BCUT2D eigenvalue weighted by Crippen LogP contribution is -2.18. The Bertz CT molecular complexity index is 854. The molecule has 12 heteroatoms. The van der Waals surface area contributed by atoms with E-state index in [1.807, 2.05) is 19.0 Å². The van der Waals surface area contributed by atoms with Gasteiger partial charge in [0.05, 0.1) is 12.7 Å². The van der Waals surface area contributed by atoms with Crippen molar-refractivity contribution in [1.29, 1.82) is 0 Å². The number of nitrogens with zero attached hydrogens (tertiary/aromatic N) is 3. The number of aromatic nitrogens is 2. The number of alkyl halides is 6. The van der Waals surface area contributed by atoms with Crippen LogP contribution in [0.15, 0.2) is 24.3 Å². The molecule has 1 aromatic heterocycles. The van der Waals surface area contributed by atoms with Gasteiger partial charge in [-0.2, -0.15) is 31.3 Å². The Morgan fingerprint density at radius 1 is 1.00 bits per heavy atom. The third-order valence-corrected chi connectivity index (χ3v) is 3.86. The molecule has 2 N–H and O–H groups in total. The summed E-state index contributed by atoms with van der Waals surface area (Å²) in [6.45, 7) is 1.02. The van der Waals surface area contributed by atoms with Crippen molar-refractivity contribution in [3.8, 4) is 5.75 Å². The molecule has 1 aromatic carbocycles. The highest BCUT2D eigenvalue weighted by molar-refractivity contribution is 5.61. The van der Waals surface area contributed by atoms with Crippen LogP contribution in [0.5, 0.6) is 5.75 Å². The van der Waals surface area contributed by atoms with E-state index in [9.17, 15) is 26.3 Å².